The van der Waals surface area contributed by atoms with Crippen LogP contribution in [0.1, 0.15) is 26.7 Å². The summed E-state index contributed by atoms with van der Waals surface area (Å²) in [6.07, 6.45) is 2.42. The molecule has 0 aliphatic rings. The van der Waals surface area contributed by atoms with Crippen LogP contribution in [-0.2, 0) is 4.74 Å². The summed E-state index contributed by atoms with van der Waals surface area (Å²) in [5, 5.41) is 2.93. The van der Waals surface area contributed by atoms with Gasteiger partial charge in [-0.2, -0.15) is 0 Å². The molecule has 0 spiro atoms. The van der Waals surface area contributed by atoms with Gasteiger partial charge < -0.3 is 10.1 Å². The van der Waals surface area contributed by atoms with E-state index in [0.29, 0.717) is 0 Å². The highest BCUT2D eigenvalue weighted by molar-refractivity contribution is 4.26. The first-order valence-electron chi connectivity index (χ1n) is 3.96. The Labute approximate surface area is 65.0 Å². The molecular weight excluding hydrogens is 126 g/mol. The summed E-state index contributed by atoms with van der Waals surface area (Å²) in [6.45, 7) is 6.20. The minimum atomic E-state index is 0.913. The van der Waals surface area contributed by atoms with E-state index in [2.05, 4.69) is 19.2 Å². The molecule has 0 radical (unpaired) electrons. The van der Waals surface area contributed by atoms with Gasteiger partial charge in [-0.25, -0.2) is 0 Å². The summed E-state index contributed by atoms with van der Waals surface area (Å²) < 4.78 is 4.78. The third kappa shape index (κ3) is 24.7. The fourth-order valence-corrected chi connectivity index (χ4v) is 0.289. The fourth-order valence-electron chi connectivity index (χ4n) is 0.289. The summed E-state index contributed by atoms with van der Waals surface area (Å²) in [6, 6.07) is 0. The zero-order valence-electron chi connectivity index (χ0n) is 7.74. The lowest BCUT2D eigenvalue weighted by molar-refractivity contribution is 0.194. The van der Waals surface area contributed by atoms with Crippen molar-refractivity contribution in [2.45, 2.75) is 26.7 Å². The molecule has 0 aromatic carbocycles. The lowest BCUT2D eigenvalue weighted by Crippen LogP contribution is -2.01. The molecule has 0 fully saturated rings. The monoisotopic (exact) mass is 147 g/mol. The molecule has 0 aromatic rings. The summed E-state index contributed by atoms with van der Waals surface area (Å²) in [5.74, 6) is 0. The van der Waals surface area contributed by atoms with Gasteiger partial charge in [0.15, 0.2) is 0 Å². The summed E-state index contributed by atoms with van der Waals surface area (Å²) in [5.41, 5.74) is 0. The van der Waals surface area contributed by atoms with Gasteiger partial charge in [0.25, 0.3) is 0 Å². The maximum atomic E-state index is 4.78. The molecule has 0 aliphatic carbocycles. The van der Waals surface area contributed by atoms with Crippen molar-refractivity contribution < 1.29 is 4.74 Å². The van der Waals surface area contributed by atoms with Gasteiger partial charge in [-0.05, 0) is 20.0 Å². The molecule has 0 unspecified atom stereocenters. The number of hydrogen-bond acceptors (Lipinski definition) is 2. The number of rotatable bonds is 4. The van der Waals surface area contributed by atoms with E-state index in [-0.39, 0.29) is 0 Å². The number of methoxy groups -OCH3 is 1. The molecule has 0 heterocycles. The van der Waals surface area contributed by atoms with Crippen molar-refractivity contribution in [1.29, 1.82) is 0 Å². The van der Waals surface area contributed by atoms with Crippen molar-refractivity contribution in [2.24, 2.45) is 0 Å². The van der Waals surface area contributed by atoms with Crippen LogP contribution in [0.4, 0.5) is 0 Å². The van der Waals surface area contributed by atoms with Gasteiger partial charge in [0, 0.05) is 13.7 Å². The third-order valence-corrected chi connectivity index (χ3v) is 1.06. The Kier molecular flexibility index (Phi) is 20.1. The SMILES string of the molecule is CCCCOC.CCNC. The Hall–Kier alpha value is -0.0800. The highest BCUT2D eigenvalue weighted by Gasteiger charge is 1.74. The zero-order valence-corrected chi connectivity index (χ0v) is 7.74. The molecule has 0 aliphatic heterocycles. The Morgan fingerprint density at radius 3 is 1.90 bits per heavy atom. The van der Waals surface area contributed by atoms with Gasteiger partial charge >= 0.3 is 0 Å². The predicted octanol–water partition coefficient (Wildman–Crippen LogP) is 1.66. The maximum Gasteiger partial charge on any atom is 0.0462 e. The second-order valence-corrected chi connectivity index (χ2v) is 2.05. The standard InChI is InChI=1S/C5H12O.C3H9N/c1-3-4-5-6-2;1-3-4-2/h3-5H2,1-2H3;4H,3H2,1-2H3. The first-order valence-corrected chi connectivity index (χ1v) is 3.96. The van der Waals surface area contributed by atoms with E-state index in [0.717, 1.165) is 13.2 Å². The fraction of sp³-hybridized carbons (Fsp3) is 1.00. The van der Waals surface area contributed by atoms with Gasteiger partial charge in [-0.15, -0.1) is 0 Å². The van der Waals surface area contributed by atoms with E-state index in [4.69, 9.17) is 4.74 Å². The molecule has 64 valence electrons. The van der Waals surface area contributed by atoms with E-state index in [1.54, 1.807) is 7.11 Å². The Balaban J connectivity index is 0. The van der Waals surface area contributed by atoms with E-state index in [1.807, 2.05) is 7.05 Å². The molecule has 1 N–H and O–H groups in total. The van der Waals surface area contributed by atoms with Crippen molar-refractivity contribution in [2.75, 3.05) is 27.3 Å². The van der Waals surface area contributed by atoms with Crippen LogP contribution in [-0.4, -0.2) is 27.3 Å². The molecule has 2 nitrogen and oxygen atoms in total. The quantitative estimate of drug-likeness (QED) is 0.611. The molecule has 0 aromatic heterocycles. The van der Waals surface area contributed by atoms with Gasteiger partial charge in [-0.3, -0.25) is 0 Å². The van der Waals surface area contributed by atoms with E-state index in [1.165, 1.54) is 12.8 Å². The van der Waals surface area contributed by atoms with Crippen LogP contribution in [0.25, 0.3) is 0 Å². The second-order valence-electron chi connectivity index (χ2n) is 2.05. The Bertz CT molecular complexity index is 34.2. The molecule has 0 saturated heterocycles. The average molecular weight is 147 g/mol. The summed E-state index contributed by atoms with van der Waals surface area (Å²) in [7, 11) is 3.66. The number of unbranched alkanes of at least 4 members (excludes halogenated alkanes) is 1. The van der Waals surface area contributed by atoms with Crippen molar-refractivity contribution in [1.82, 2.24) is 5.32 Å². The van der Waals surface area contributed by atoms with E-state index < -0.39 is 0 Å². The lowest BCUT2D eigenvalue weighted by Gasteiger charge is -1.89. The van der Waals surface area contributed by atoms with Crippen LogP contribution >= 0.6 is 0 Å². The minimum Gasteiger partial charge on any atom is -0.385 e. The van der Waals surface area contributed by atoms with Crippen molar-refractivity contribution in [3.8, 4) is 0 Å². The van der Waals surface area contributed by atoms with Crippen molar-refractivity contribution in [3.63, 3.8) is 0 Å². The molecule has 0 bridgehead atoms. The molecule has 0 saturated carbocycles. The zero-order chi connectivity index (χ0) is 8.24. The van der Waals surface area contributed by atoms with Gasteiger partial charge in [-0.1, -0.05) is 20.3 Å². The van der Waals surface area contributed by atoms with E-state index in [9.17, 15) is 0 Å². The number of ether oxygens (including phenoxy) is 1. The minimum absolute atomic E-state index is 0.913. The van der Waals surface area contributed by atoms with Crippen LogP contribution in [0.15, 0.2) is 0 Å². The average Bonchev–Trinajstić information content (AvgIpc) is 2.01. The van der Waals surface area contributed by atoms with Gasteiger partial charge in [0.2, 0.25) is 0 Å². The van der Waals surface area contributed by atoms with Crippen molar-refractivity contribution >= 4 is 0 Å². The van der Waals surface area contributed by atoms with Crippen LogP contribution in [0.2, 0.25) is 0 Å². The number of nitrogens with one attached hydrogen (secondary N) is 1. The number of hydrogen-bond donors (Lipinski definition) is 1. The largest absolute Gasteiger partial charge is 0.385 e. The first kappa shape index (κ1) is 12.6. The van der Waals surface area contributed by atoms with Gasteiger partial charge in [0.1, 0.15) is 0 Å². The maximum absolute atomic E-state index is 4.78. The lowest BCUT2D eigenvalue weighted by atomic mass is 10.4. The predicted molar refractivity (Wildman–Crippen MR) is 46.4 cm³/mol. The first-order chi connectivity index (χ1) is 4.83. The van der Waals surface area contributed by atoms with Crippen LogP contribution in [0.5, 0.6) is 0 Å². The molecule has 2 heteroatoms. The Morgan fingerprint density at radius 1 is 1.30 bits per heavy atom. The van der Waals surface area contributed by atoms with Gasteiger partial charge in [0.05, 0.1) is 0 Å². The van der Waals surface area contributed by atoms with Crippen LogP contribution in [0.3, 0.4) is 0 Å². The molecule has 0 amide bonds. The highest BCUT2D eigenvalue weighted by atomic mass is 16.5. The molecule has 0 atom stereocenters. The second kappa shape index (κ2) is 16.0. The summed E-state index contributed by atoms with van der Waals surface area (Å²) >= 11 is 0. The van der Waals surface area contributed by atoms with Crippen LogP contribution in [0, 0.1) is 0 Å². The highest BCUT2D eigenvalue weighted by Crippen LogP contribution is 1.83. The molecular formula is C8H21NO. The van der Waals surface area contributed by atoms with Crippen molar-refractivity contribution in [3.05, 3.63) is 0 Å². The van der Waals surface area contributed by atoms with E-state index >= 15 is 0 Å². The normalized spacial score (nSPS) is 8.40. The third-order valence-electron chi connectivity index (χ3n) is 1.06. The van der Waals surface area contributed by atoms with Crippen LogP contribution < -0.4 is 5.32 Å². The summed E-state index contributed by atoms with van der Waals surface area (Å²) in [4.78, 5) is 0. The Morgan fingerprint density at radius 2 is 1.80 bits per heavy atom. The molecule has 0 rings (SSSR count). The topological polar surface area (TPSA) is 21.3 Å². The smallest absolute Gasteiger partial charge is 0.0462 e. The molecule has 10 heavy (non-hydrogen) atoms.